The van der Waals surface area contributed by atoms with Crippen molar-refractivity contribution in [3.8, 4) is 17.2 Å². The average Bonchev–Trinajstić information content (AvgIpc) is 2.78. The first-order valence-electron chi connectivity index (χ1n) is 9.79. The molecular formula is C23H27ClO8. The highest BCUT2D eigenvalue weighted by molar-refractivity contribution is 6.30. The topological polar surface area (TPSA) is 92.7 Å². The van der Waals surface area contributed by atoms with Crippen molar-refractivity contribution >= 4 is 23.5 Å². The third-order valence-corrected chi connectivity index (χ3v) is 4.32. The molecule has 0 atom stereocenters. The number of methoxy groups -OCH3 is 2. The minimum absolute atomic E-state index is 0.0155. The van der Waals surface area contributed by atoms with Gasteiger partial charge in [0.2, 0.25) is 0 Å². The number of rotatable bonds is 15. The van der Waals surface area contributed by atoms with Crippen LogP contribution in [0.25, 0.3) is 6.08 Å². The number of ether oxygens (including phenoxy) is 6. The third kappa shape index (κ3) is 8.86. The summed E-state index contributed by atoms with van der Waals surface area (Å²) in [6, 6.07) is 9.79. The number of aromatic hydroxyl groups is 1. The number of carbonyl (C=O) groups excluding carboxylic acids is 1. The van der Waals surface area contributed by atoms with Crippen LogP contribution in [0.2, 0.25) is 5.02 Å². The third-order valence-electron chi connectivity index (χ3n) is 4.07. The highest BCUT2D eigenvalue weighted by atomic mass is 35.5. The van der Waals surface area contributed by atoms with Gasteiger partial charge in [-0.05, 0) is 23.8 Å². The molecule has 0 bridgehead atoms. The molecule has 0 radical (unpaired) electrons. The van der Waals surface area contributed by atoms with Gasteiger partial charge in [0.25, 0.3) is 0 Å². The maximum Gasteiger partial charge on any atom is 0.193 e. The van der Waals surface area contributed by atoms with Crippen molar-refractivity contribution < 1.29 is 38.3 Å². The summed E-state index contributed by atoms with van der Waals surface area (Å²) < 4.78 is 31.4. The second-order valence-electron chi connectivity index (χ2n) is 6.39. The number of halogens is 1. The molecule has 0 aliphatic rings. The van der Waals surface area contributed by atoms with Gasteiger partial charge in [0.05, 0.1) is 26.4 Å². The predicted octanol–water partition coefficient (Wildman–Crippen LogP) is 3.94. The first-order chi connectivity index (χ1) is 15.5. The molecule has 0 aromatic heterocycles. The second kappa shape index (κ2) is 14.4. The van der Waals surface area contributed by atoms with Crippen molar-refractivity contribution in [1.29, 1.82) is 0 Å². The number of phenolic OH excluding ortho intramolecular Hbond substituents is 1. The van der Waals surface area contributed by atoms with Crippen LogP contribution in [0.5, 0.6) is 17.2 Å². The van der Waals surface area contributed by atoms with E-state index >= 15 is 0 Å². The summed E-state index contributed by atoms with van der Waals surface area (Å²) >= 11 is 5.88. The fourth-order valence-electron chi connectivity index (χ4n) is 2.47. The highest BCUT2D eigenvalue weighted by Gasteiger charge is 2.18. The van der Waals surface area contributed by atoms with E-state index in [0.717, 1.165) is 5.56 Å². The van der Waals surface area contributed by atoms with Gasteiger partial charge in [0, 0.05) is 31.4 Å². The molecule has 2 aromatic carbocycles. The molecule has 0 aliphatic heterocycles. The maximum absolute atomic E-state index is 12.8. The van der Waals surface area contributed by atoms with Gasteiger partial charge in [-0.2, -0.15) is 0 Å². The number of benzene rings is 2. The molecule has 32 heavy (non-hydrogen) atoms. The van der Waals surface area contributed by atoms with E-state index in [1.54, 1.807) is 44.6 Å². The lowest BCUT2D eigenvalue weighted by Gasteiger charge is -2.14. The minimum Gasteiger partial charge on any atom is -0.507 e. The van der Waals surface area contributed by atoms with Crippen molar-refractivity contribution in [2.45, 2.75) is 0 Å². The van der Waals surface area contributed by atoms with Crippen molar-refractivity contribution in [2.75, 3.05) is 54.2 Å². The maximum atomic E-state index is 12.8. The Morgan fingerprint density at radius 1 is 0.938 bits per heavy atom. The van der Waals surface area contributed by atoms with Gasteiger partial charge < -0.3 is 33.5 Å². The standard InChI is InChI=1S/C23H27ClO8/c1-27-9-11-29-15-31-19-13-21(26)23(22(14-19)32-16-30-12-10-28-2)20(25)8-5-17-3-6-18(24)7-4-17/h3-8,13-14,26H,9-12,15-16H2,1-2H3/b8-5+. The smallest absolute Gasteiger partial charge is 0.193 e. The number of allylic oxidation sites excluding steroid dienone is 1. The normalized spacial score (nSPS) is 11.1. The van der Waals surface area contributed by atoms with Crippen LogP contribution in [0, 0.1) is 0 Å². The molecule has 2 rings (SSSR count). The van der Waals surface area contributed by atoms with Crippen molar-refractivity contribution in [1.82, 2.24) is 0 Å². The number of carbonyl (C=O) groups is 1. The number of hydrogen-bond donors (Lipinski definition) is 1. The van der Waals surface area contributed by atoms with E-state index in [1.165, 1.54) is 18.2 Å². The molecule has 0 unspecified atom stereocenters. The zero-order chi connectivity index (χ0) is 23.2. The van der Waals surface area contributed by atoms with Gasteiger partial charge >= 0.3 is 0 Å². The van der Waals surface area contributed by atoms with Crippen LogP contribution < -0.4 is 9.47 Å². The summed E-state index contributed by atoms with van der Waals surface area (Å²) in [4.78, 5) is 12.8. The van der Waals surface area contributed by atoms with Crippen molar-refractivity contribution in [3.05, 3.63) is 58.6 Å². The number of phenols is 1. The van der Waals surface area contributed by atoms with Gasteiger partial charge in [-0.15, -0.1) is 0 Å². The fraction of sp³-hybridized carbons (Fsp3) is 0.348. The van der Waals surface area contributed by atoms with E-state index in [-0.39, 0.29) is 36.4 Å². The van der Waals surface area contributed by atoms with Crippen LogP contribution >= 0.6 is 11.6 Å². The predicted molar refractivity (Wildman–Crippen MR) is 120 cm³/mol. The molecule has 0 fully saturated rings. The molecule has 0 amide bonds. The Labute approximate surface area is 192 Å². The Hall–Kier alpha value is -2.62. The van der Waals surface area contributed by atoms with Crippen LogP contribution in [-0.4, -0.2) is 65.1 Å². The van der Waals surface area contributed by atoms with E-state index in [4.69, 9.17) is 40.0 Å². The van der Waals surface area contributed by atoms with Crippen LogP contribution in [-0.2, 0) is 18.9 Å². The van der Waals surface area contributed by atoms with E-state index in [0.29, 0.717) is 31.5 Å². The van der Waals surface area contributed by atoms with Crippen molar-refractivity contribution in [2.24, 2.45) is 0 Å². The van der Waals surface area contributed by atoms with Gasteiger partial charge in [-0.3, -0.25) is 4.79 Å². The van der Waals surface area contributed by atoms with Crippen LogP contribution in [0.4, 0.5) is 0 Å². The zero-order valence-electron chi connectivity index (χ0n) is 18.0. The Morgan fingerprint density at radius 2 is 1.56 bits per heavy atom. The lowest BCUT2D eigenvalue weighted by Crippen LogP contribution is -2.11. The van der Waals surface area contributed by atoms with E-state index in [9.17, 15) is 9.90 Å². The molecular weight excluding hydrogens is 440 g/mol. The van der Waals surface area contributed by atoms with Crippen LogP contribution in [0.3, 0.4) is 0 Å². The molecule has 1 N–H and O–H groups in total. The summed E-state index contributed by atoms with van der Waals surface area (Å²) in [5.41, 5.74) is 0.763. The summed E-state index contributed by atoms with van der Waals surface area (Å²) in [7, 11) is 3.12. The average molecular weight is 467 g/mol. The number of ketones is 1. The van der Waals surface area contributed by atoms with Crippen LogP contribution in [0.1, 0.15) is 15.9 Å². The molecule has 0 spiro atoms. The molecule has 0 saturated carbocycles. The SMILES string of the molecule is COCCOCOc1cc(O)c(C(=O)/C=C/c2ccc(Cl)cc2)c(OCOCCOC)c1. The Kier molecular flexibility index (Phi) is 11.6. The molecule has 8 nitrogen and oxygen atoms in total. The summed E-state index contributed by atoms with van der Waals surface area (Å²) in [6.45, 7) is 1.28. The summed E-state index contributed by atoms with van der Waals surface area (Å²) in [5, 5.41) is 11.1. The number of hydrogen-bond acceptors (Lipinski definition) is 8. The first-order valence-corrected chi connectivity index (χ1v) is 10.2. The quantitative estimate of drug-likeness (QED) is 0.182. The Balaban J connectivity index is 2.15. The van der Waals surface area contributed by atoms with E-state index in [1.807, 2.05) is 0 Å². The molecule has 2 aromatic rings. The van der Waals surface area contributed by atoms with Crippen molar-refractivity contribution in [3.63, 3.8) is 0 Å². The monoisotopic (exact) mass is 466 g/mol. The van der Waals surface area contributed by atoms with Gasteiger partial charge in [-0.25, -0.2) is 0 Å². The summed E-state index contributed by atoms with van der Waals surface area (Å²) in [6.07, 6.45) is 2.95. The lowest BCUT2D eigenvalue weighted by molar-refractivity contribution is -0.0119. The largest absolute Gasteiger partial charge is 0.507 e. The molecule has 0 saturated heterocycles. The summed E-state index contributed by atoms with van der Waals surface area (Å²) in [5.74, 6) is -0.366. The molecule has 0 heterocycles. The fourth-order valence-corrected chi connectivity index (χ4v) is 2.59. The first kappa shape index (κ1) is 25.6. The molecule has 9 heteroatoms. The lowest BCUT2D eigenvalue weighted by atomic mass is 10.1. The van der Waals surface area contributed by atoms with Gasteiger partial charge in [0.1, 0.15) is 22.8 Å². The van der Waals surface area contributed by atoms with Crippen LogP contribution in [0.15, 0.2) is 42.5 Å². The zero-order valence-corrected chi connectivity index (χ0v) is 18.8. The second-order valence-corrected chi connectivity index (χ2v) is 6.83. The highest BCUT2D eigenvalue weighted by Crippen LogP contribution is 2.34. The van der Waals surface area contributed by atoms with E-state index < -0.39 is 5.78 Å². The van der Waals surface area contributed by atoms with Gasteiger partial charge in [-0.1, -0.05) is 29.8 Å². The van der Waals surface area contributed by atoms with E-state index in [2.05, 4.69) is 0 Å². The molecule has 0 aliphatic carbocycles. The Morgan fingerprint density at radius 3 is 2.19 bits per heavy atom. The minimum atomic E-state index is -0.452. The Bertz CT molecular complexity index is 867. The van der Waals surface area contributed by atoms with Gasteiger partial charge in [0.15, 0.2) is 19.4 Å². The molecule has 174 valence electrons.